The Morgan fingerprint density at radius 1 is 1.04 bits per heavy atom. The maximum Gasteiger partial charge on any atom is 0.342 e. The molecule has 0 aromatic heterocycles. The lowest BCUT2D eigenvalue weighted by atomic mass is 10.1. The van der Waals surface area contributed by atoms with Crippen molar-refractivity contribution in [2.75, 3.05) is 13.7 Å². The fourth-order valence-corrected chi connectivity index (χ4v) is 2.28. The number of amides is 1. The van der Waals surface area contributed by atoms with Crippen LogP contribution in [0.3, 0.4) is 0 Å². The molecule has 2 aromatic rings. The fourth-order valence-electron chi connectivity index (χ4n) is 2.28. The van der Waals surface area contributed by atoms with Gasteiger partial charge in [0, 0.05) is 6.42 Å². The quantitative estimate of drug-likeness (QED) is 0.727. The van der Waals surface area contributed by atoms with E-state index in [9.17, 15) is 19.5 Å². The van der Waals surface area contributed by atoms with E-state index in [0.29, 0.717) is 0 Å². The molecule has 0 saturated heterocycles. The molecule has 0 spiro atoms. The van der Waals surface area contributed by atoms with Gasteiger partial charge in [0.1, 0.15) is 17.4 Å². The van der Waals surface area contributed by atoms with Gasteiger partial charge < -0.3 is 19.9 Å². The van der Waals surface area contributed by atoms with E-state index in [1.54, 1.807) is 12.1 Å². The summed E-state index contributed by atoms with van der Waals surface area (Å²) in [6, 6.07) is 14.0. The molecule has 2 aromatic carbocycles. The van der Waals surface area contributed by atoms with Gasteiger partial charge in [-0.05, 0) is 17.7 Å². The topological polar surface area (TPSA) is 102 Å². The number of phenols is 1. The summed E-state index contributed by atoms with van der Waals surface area (Å²) in [7, 11) is 1.23. The van der Waals surface area contributed by atoms with Crippen LogP contribution in [-0.4, -0.2) is 42.7 Å². The minimum atomic E-state index is -0.904. The highest BCUT2D eigenvalue weighted by Gasteiger charge is 2.23. The molecule has 0 radical (unpaired) electrons. The van der Waals surface area contributed by atoms with Crippen LogP contribution in [0.4, 0.5) is 0 Å². The summed E-state index contributed by atoms with van der Waals surface area (Å²) >= 11 is 0. The van der Waals surface area contributed by atoms with Crippen LogP contribution in [0.25, 0.3) is 0 Å². The first-order valence-electron chi connectivity index (χ1n) is 7.87. The van der Waals surface area contributed by atoms with Crippen molar-refractivity contribution in [1.82, 2.24) is 5.32 Å². The van der Waals surface area contributed by atoms with E-state index in [1.165, 1.54) is 19.2 Å². The Balaban J connectivity index is 1.93. The van der Waals surface area contributed by atoms with Crippen LogP contribution in [0.2, 0.25) is 0 Å². The Kier molecular flexibility index (Phi) is 6.73. The van der Waals surface area contributed by atoms with Crippen molar-refractivity contribution in [1.29, 1.82) is 0 Å². The number of rotatable bonds is 7. The summed E-state index contributed by atoms with van der Waals surface area (Å²) in [6.45, 7) is -0.588. The SMILES string of the molecule is COC(=O)[C@@H](Cc1ccccc1)NC(=O)COC(=O)c1ccccc1O. The van der Waals surface area contributed by atoms with E-state index >= 15 is 0 Å². The van der Waals surface area contributed by atoms with Crippen molar-refractivity contribution in [3.8, 4) is 5.75 Å². The van der Waals surface area contributed by atoms with Crippen molar-refractivity contribution in [2.45, 2.75) is 12.5 Å². The van der Waals surface area contributed by atoms with Gasteiger partial charge in [-0.2, -0.15) is 0 Å². The number of ether oxygens (including phenoxy) is 2. The molecule has 136 valence electrons. The van der Waals surface area contributed by atoms with Crippen LogP contribution in [0.5, 0.6) is 5.75 Å². The highest BCUT2D eigenvalue weighted by molar-refractivity contribution is 5.94. The molecule has 1 atom stereocenters. The van der Waals surface area contributed by atoms with Gasteiger partial charge >= 0.3 is 11.9 Å². The molecule has 26 heavy (non-hydrogen) atoms. The molecule has 0 heterocycles. The lowest BCUT2D eigenvalue weighted by molar-refractivity contribution is -0.145. The first kappa shape index (κ1) is 19.0. The van der Waals surface area contributed by atoms with E-state index in [2.05, 4.69) is 5.32 Å². The Bertz CT molecular complexity index is 775. The third-order valence-electron chi connectivity index (χ3n) is 3.56. The predicted molar refractivity (Wildman–Crippen MR) is 92.5 cm³/mol. The number of esters is 2. The molecule has 0 fully saturated rings. The molecule has 7 heteroatoms. The molecule has 0 bridgehead atoms. The number of aromatic hydroxyl groups is 1. The molecule has 1 amide bonds. The lowest BCUT2D eigenvalue weighted by Crippen LogP contribution is -2.44. The summed E-state index contributed by atoms with van der Waals surface area (Å²) in [5.41, 5.74) is 0.795. The van der Waals surface area contributed by atoms with Crippen LogP contribution >= 0.6 is 0 Å². The van der Waals surface area contributed by atoms with Crippen LogP contribution in [0.1, 0.15) is 15.9 Å². The van der Waals surface area contributed by atoms with Crippen LogP contribution in [0, 0.1) is 0 Å². The van der Waals surface area contributed by atoms with Crippen LogP contribution in [-0.2, 0) is 25.5 Å². The smallest absolute Gasteiger partial charge is 0.342 e. The Labute approximate surface area is 150 Å². The lowest BCUT2D eigenvalue weighted by Gasteiger charge is -2.16. The van der Waals surface area contributed by atoms with E-state index in [4.69, 9.17) is 9.47 Å². The Morgan fingerprint density at radius 3 is 2.35 bits per heavy atom. The normalized spacial score (nSPS) is 11.3. The monoisotopic (exact) mass is 357 g/mol. The number of hydrogen-bond donors (Lipinski definition) is 2. The molecule has 2 N–H and O–H groups in total. The maximum atomic E-state index is 12.0. The summed E-state index contributed by atoms with van der Waals surface area (Å²) in [4.78, 5) is 35.8. The van der Waals surface area contributed by atoms with E-state index in [-0.39, 0.29) is 17.7 Å². The molecule has 0 unspecified atom stereocenters. The van der Waals surface area contributed by atoms with Crippen LogP contribution < -0.4 is 5.32 Å². The molecule has 7 nitrogen and oxygen atoms in total. The second-order valence-corrected chi connectivity index (χ2v) is 5.43. The molecular formula is C19H19NO6. The Hall–Kier alpha value is -3.35. The van der Waals surface area contributed by atoms with Gasteiger partial charge in [-0.3, -0.25) is 4.79 Å². The van der Waals surface area contributed by atoms with Crippen molar-refractivity contribution in [3.63, 3.8) is 0 Å². The number of phenolic OH excluding ortho intramolecular Hbond substituents is 1. The standard InChI is InChI=1S/C19H19NO6/c1-25-19(24)15(11-13-7-3-2-4-8-13)20-17(22)12-26-18(23)14-9-5-6-10-16(14)21/h2-10,15,21H,11-12H2,1H3,(H,20,22)/t15-/m1/s1. The zero-order chi connectivity index (χ0) is 18.9. The number of nitrogens with one attached hydrogen (secondary N) is 1. The molecular weight excluding hydrogens is 338 g/mol. The summed E-state index contributed by atoms with van der Waals surface area (Å²) < 4.78 is 9.57. The zero-order valence-corrected chi connectivity index (χ0v) is 14.2. The van der Waals surface area contributed by atoms with E-state index < -0.39 is 30.5 Å². The van der Waals surface area contributed by atoms with Crippen LogP contribution in [0.15, 0.2) is 54.6 Å². The second-order valence-electron chi connectivity index (χ2n) is 5.43. The Morgan fingerprint density at radius 2 is 1.69 bits per heavy atom. The average Bonchev–Trinajstić information content (AvgIpc) is 2.66. The van der Waals surface area contributed by atoms with Gasteiger partial charge in [-0.1, -0.05) is 42.5 Å². The fraction of sp³-hybridized carbons (Fsp3) is 0.211. The van der Waals surface area contributed by atoms with Crippen molar-refractivity contribution < 1.29 is 29.0 Å². The molecule has 0 aliphatic rings. The van der Waals surface area contributed by atoms with Gasteiger partial charge in [-0.25, -0.2) is 9.59 Å². The minimum Gasteiger partial charge on any atom is -0.507 e. The van der Waals surface area contributed by atoms with Crippen molar-refractivity contribution in [3.05, 3.63) is 65.7 Å². The third-order valence-corrected chi connectivity index (χ3v) is 3.56. The first-order valence-corrected chi connectivity index (χ1v) is 7.87. The second kappa shape index (κ2) is 9.22. The highest BCUT2D eigenvalue weighted by Crippen LogP contribution is 2.16. The number of methoxy groups -OCH3 is 1. The van der Waals surface area contributed by atoms with Crippen molar-refractivity contribution in [2.24, 2.45) is 0 Å². The van der Waals surface area contributed by atoms with Gasteiger partial charge in [0.05, 0.1) is 7.11 Å². The predicted octanol–water partition coefficient (Wildman–Crippen LogP) is 1.45. The molecule has 2 rings (SSSR count). The largest absolute Gasteiger partial charge is 0.507 e. The summed E-state index contributed by atoms with van der Waals surface area (Å²) in [6.07, 6.45) is 0.243. The first-order chi connectivity index (χ1) is 12.5. The van der Waals surface area contributed by atoms with Gasteiger partial charge in [0.25, 0.3) is 5.91 Å². The highest BCUT2D eigenvalue weighted by atomic mass is 16.5. The molecule has 0 aliphatic carbocycles. The molecule has 0 saturated carbocycles. The number of carbonyl (C=O) groups excluding carboxylic acids is 3. The number of para-hydroxylation sites is 1. The van der Waals surface area contributed by atoms with Gasteiger partial charge in [-0.15, -0.1) is 0 Å². The summed E-state index contributed by atoms with van der Waals surface area (Å²) in [5, 5.41) is 12.1. The average molecular weight is 357 g/mol. The van der Waals surface area contributed by atoms with Gasteiger partial charge in [0.2, 0.25) is 0 Å². The zero-order valence-electron chi connectivity index (χ0n) is 14.2. The maximum absolute atomic E-state index is 12.0. The van der Waals surface area contributed by atoms with E-state index in [0.717, 1.165) is 5.56 Å². The van der Waals surface area contributed by atoms with Gasteiger partial charge in [0.15, 0.2) is 6.61 Å². The van der Waals surface area contributed by atoms with E-state index in [1.807, 2.05) is 30.3 Å². The van der Waals surface area contributed by atoms with Crippen molar-refractivity contribution >= 4 is 17.8 Å². The third kappa shape index (κ3) is 5.34. The summed E-state index contributed by atoms with van der Waals surface area (Å²) in [5.74, 6) is -2.33. The minimum absolute atomic E-state index is 0.0471. The number of carbonyl (C=O) groups is 3. The number of benzene rings is 2. The molecule has 0 aliphatic heterocycles. The number of hydrogen-bond acceptors (Lipinski definition) is 6.